The monoisotopic (exact) mass is 175 g/mol. The van der Waals surface area contributed by atoms with Crippen molar-refractivity contribution in [2.45, 2.75) is 6.92 Å². The molecular formula is C6H13N3OS. The molecule has 64 valence electrons. The van der Waals surface area contributed by atoms with Crippen LogP contribution in [-0.2, 0) is 4.79 Å². The lowest BCUT2D eigenvalue weighted by Gasteiger charge is -2.13. The van der Waals surface area contributed by atoms with E-state index in [-0.39, 0.29) is 11.1 Å². The lowest BCUT2D eigenvalue weighted by molar-refractivity contribution is -0.127. The molecule has 0 saturated heterocycles. The molecule has 0 fully saturated rings. The molecule has 0 aliphatic heterocycles. The van der Waals surface area contributed by atoms with E-state index in [2.05, 4.69) is 0 Å². The molecule has 11 heavy (non-hydrogen) atoms. The van der Waals surface area contributed by atoms with Gasteiger partial charge in [-0.3, -0.25) is 10.2 Å². The fraction of sp³-hybridized carbons (Fsp3) is 0.667. The second-order valence-corrected chi connectivity index (χ2v) is 3.29. The largest absolute Gasteiger partial charge is 0.379 e. The van der Waals surface area contributed by atoms with Crippen LogP contribution in [0.5, 0.6) is 0 Å². The van der Waals surface area contributed by atoms with Crippen LogP contribution in [0.15, 0.2) is 0 Å². The van der Waals surface area contributed by atoms with E-state index in [9.17, 15) is 4.79 Å². The highest BCUT2D eigenvalue weighted by Crippen LogP contribution is 1.97. The van der Waals surface area contributed by atoms with Gasteiger partial charge in [0, 0.05) is 26.3 Å². The van der Waals surface area contributed by atoms with Gasteiger partial charge in [0.1, 0.15) is 0 Å². The van der Waals surface area contributed by atoms with Gasteiger partial charge in [0.2, 0.25) is 5.91 Å². The molecule has 0 atom stereocenters. The van der Waals surface area contributed by atoms with E-state index in [1.54, 1.807) is 11.9 Å². The molecule has 0 aromatic heterocycles. The van der Waals surface area contributed by atoms with Gasteiger partial charge in [0.05, 0.1) is 0 Å². The first-order valence-corrected chi connectivity index (χ1v) is 4.21. The molecule has 0 unspecified atom stereocenters. The number of nitrogens with two attached hydrogens (primary N) is 1. The molecule has 0 spiro atoms. The maximum Gasteiger partial charge on any atom is 0.219 e. The first-order valence-electron chi connectivity index (χ1n) is 3.22. The number of thioether (sulfide) groups is 1. The Bertz CT molecular complexity index is 160. The van der Waals surface area contributed by atoms with Crippen LogP contribution in [0, 0.1) is 5.41 Å². The van der Waals surface area contributed by atoms with Gasteiger partial charge in [-0.15, -0.1) is 0 Å². The molecule has 0 aromatic rings. The average Bonchev–Trinajstić information content (AvgIpc) is 1.86. The highest BCUT2D eigenvalue weighted by Gasteiger charge is 2.00. The molecule has 1 amide bonds. The molecule has 0 aromatic carbocycles. The fourth-order valence-corrected chi connectivity index (χ4v) is 1.04. The molecule has 4 nitrogen and oxygen atoms in total. The summed E-state index contributed by atoms with van der Waals surface area (Å²) in [5.74, 6) is 0.722. The molecule has 0 rings (SSSR count). The number of nitrogens with zero attached hydrogens (tertiary/aromatic N) is 1. The molecule has 0 aliphatic rings. The summed E-state index contributed by atoms with van der Waals surface area (Å²) in [6, 6.07) is 0. The number of carbonyl (C=O) groups excluding carboxylic acids is 1. The zero-order valence-electron chi connectivity index (χ0n) is 6.76. The van der Waals surface area contributed by atoms with Crippen LogP contribution in [0.4, 0.5) is 0 Å². The quantitative estimate of drug-likeness (QED) is 0.472. The van der Waals surface area contributed by atoms with Gasteiger partial charge >= 0.3 is 0 Å². The normalized spacial score (nSPS) is 9.27. The van der Waals surface area contributed by atoms with Crippen molar-refractivity contribution in [3.63, 3.8) is 0 Å². The lowest BCUT2D eigenvalue weighted by atomic mass is 10.5. The number of hydrogen-bond acceptors (Lipinski definition) is 3. The first-order chi connectivity index (χ1) is 5.04. The van der Waals surface area contributed by atoms with Crippen molar-refractivity contribution >= 4 is 22.8 Å². The van der Waals surface area contributed by atoms with Crippen LogP contribution in [0.3, 0.4) is 0 Å². The number of rotatable bonds is 3. The van der Waals surface area contributed by atoms with Crippen molar-refractivity contribution in [1.29, 1.82) is 5.41 Å². The van der Waals surface area contributed by atoms with E-state index in [0.29, 0.717) is 12.3 Å². The Hall–Kier alpha value is -0.710. The highest BCUT2D eigenvalue weighted by molar-refractivity contribution is 8.13. The maximum atomic E-state index is 10.7. The lowest BCUT2D eigenvalue weighted by Crippen LogP contribution is -2.26. The number of nitrogens with one attached hydrogen (secondary N) is 1. The van der Waals surface area contributed by atoms with Crippen molar-refractivity contribution in [3.8, 4) is 0 Å². The maximum absolute atomic E-state index is 10.7. The summed E-state index contributed by atoms with van der Waals surface area (Å²) < 4.78 is 0. The summed E-state index contributed by atoms with van der Waals surface area (Å²) in [4.78, 5) is 12.2. The Morgan fingerprint density at radius 2 is 2.27 bits per heavy atom. The first kappa shape index (κ1) is 10.3. The smallest absolute Gasteiger partial charge is 0.219 e. The number of amidine groups is 1. The molecule has 3 N–H and O–H groups in total. The Kier molecular flexibility index (Phi) is 4.69. The van der Waals surface area contributed by atoms with E-state index in [1.165, 1.54) is 18.7 Å². The third kappa shape index (κ3) is 5.72. The minimum Gasteiger partial charge on any atom is -0.379 e. The standard InChI is InChI=1S/C6H13N3OS/c1-5(10)9(2)3-4-11-6(7)8/h3-4H2,1-2H3,(H3,7,8). The van der Waals surface area contributed by atoms with E-state index in [0.717, 1.165) is 0 Å². The van der Waals surface area contributed by atoms with Gasteiger partial charge in [0.15, 0.2) is 5.17 Å². The number of hydrogen-bond donors (Lipinski definition) is 2. The highest BCUT2D eigenvalue weighted by atomic mass is 32.2. The van der Waals surface area contributed by atoms with Crippen LogP contribution in [0.25, 0.3) is 0 Å². The minimum absolute atomic E-state index is 0.0363. The Morgan fingerprint density at radius 3 is 2.64 bits per heavy atom. The van der Waals surface area contributed by atoms with Crippen LogP contribution >= 0.6 is 11.8 Å². The predicted octanol–water partition coefficient (Wildman–Crippen LogP) is 0.0914. The summed E-state index contributed by atoms with van der Waals surface area (Å²) in [5.41, 5.74) is 5.10. The van der Waals surface area contributed by atoms with Crippen molar-refractivity contribution in [1.82, 2.24) is 4.90 Å². The van der Waals surface area contributed by atoms with Gasteiger partial charge in [-0.1, -0.05) is 11.8 Å². The Labute approximate surface area is 70.6 Å². The fourth-order valence-electron chi connectivity index (χ4n) is 0.450. The molecule has 0 bridgehead atoms. The van der Waals surface area contributed by atoms with E-state index >= 15 is 0 Å². The van der Waals surface area contributed by atoms with Crippen LogP contribution in [0.1, 0.15) is 6.92 Å². The Balaban J connectivity index is 3.39. The van der Waals surface area contributed by atoms with Crippen molar-refractivity contribution in [2.24, 2.45) is 5.73 Å². The SMILES string of the molecule is CC(=O)N(C)CCSC(=N)N. The van der Waals surface area contributed by atoms with Gasteiger partial charge < -0.3 is 10.6 Å². The van der Waals surface area contributed by atoms with E-state index < -0.39 is 0 Å². The summed E-state index contributed by atoms with van der Waals surface area (Å²) >= 11 is 1.24. The summed E-state index contributed by atoms with van der Waals surface area (Å²) in [6.07, 6.45) is 0. The average molecular weight is 175 g/mol. The Morgan fingerprint density at radius 1 is 1.73 bits per heavy atom. The topological polar surface area (TPSA) is 70.2 Å². The summed E-state index contributed by atoms with van der Waals surface area (Å²) in [7, 11) is 1.73. The van der Waals surface area contributed by atoms with Gasteiger partial charge in [-0.25, -0.2) is 0 Å². The van der Waals surface area contributed by atoms with Crippen molar-refractivity contribution in [2.75, 3.05) is 19.3 Å². The van der Waals surface area contributed by atoms with Crippen LogP contribution < -0.4 is 5.73 Å². The zero-order chi connectivity index (χ0) is 8.85. The van der Waals surface area contributed by atoms with Gasteiger partial charge in [0.25, 0.3) is 0 Å². The number of amides is 1. The minimum atomic E-state index is 0.0363. The van der Waals surface area contributed by atoms with E-state index in [1.807, 2.05) is 0 Å². The summed E-state index contributed by atoms with van der Waals surface area (Å²) in [6.45, 7) is 2.15. The van der Waals surface area contributed by atoms with Crippen molar-refractivity contribution < 1.29 is 4.79 Å². The summed E-state index contributed by atoms with van der Waals surface area (Å²) in [5, 5.41) is 6.98. The second kappa shape index (κ2) is 5.01. The second-order valence-electron chi connectivity index (χ2n) is 2.15. The predicted molar refractivity (Wildman–Crippen MR) is 47.7 cm³/mol. The zero-order valence-corrected chi connectivity index (χ0v) is 7.57. The molecule has 5 heteroatoms. The molecule has 0 aliphatic carbocycles. The van der Waals surface area contributed by atoms with Gasteiger partial charge in [-0.05, 0) is 0 Å². The molecular weight excluding hydrogens is 162 g/mol. The van der Waals surface area contributed by atoms with E-state index in [4.69, 9.17) is 11.1 Å². The molecule has 0 saturated carbocycles. The van der Waals surface area contributed by atoms with Crippen LogP contribution in [0.2, 0.25) is 0 Å². The van der Waals surface area contributed by atoms with Crippen LogP contribution in [-0.4, -0.2) is 35.3 Å². The number of carbonyl (C=O) groups is 1. The van der Waals surface area contributed by atoms with Crippen molar-refractivity contribution in [3.05, 3.63) is 0 Å². The third-order valence-electron chi connectivity index (χ3n) is 1.22. The third-order valence-corrected chi connectivity index (χ3v) is 1.92. The van der Waals surface area contributed by atoms with Gasteiger partial charge in [-0.2, -0.15) is 0 Å². The molecule has 0 heterocycles. The molecule has 0 radical (unpaired) electrons.